The summed E-state index contributed by atoms with van der Waals surface area (Å²) in [5.74, 6) is -1.44. The molecule has 0 saturated carbocycles. The molecule has 1 aromatic rings. The molecule has 2 rings (SSSR count). The van der Waals surface area contributed by atoms with Crippen molar-refractivity contribution in [3.05, 3.63) is 40.0 Å². The van der Waals surface area contributed by atoms with E-state index in [1.807, 2.05) is 0 Å². The number of Topliss-reactive ketones (excluding diaryl/α,β-unsaturated/α-hetero) is 1. The fourth-order valence-corrected chi connectivity index (χ4v) is 1.85. The lowest BCUT2D eigenvalue weighted by Gasteiger charge is -2.13. The fraction of sp³-hybridized carbons (Fsp3) is 0.273. The van der Waals surface area contributed by atoms with Gasteiger partial charge in [-0.3, -0.25) is 19.9 Å². The molecule has 0 bridgehead atoms. The summed E-state index contributed by atoms with van der Waals surface area (Å²) < 4.78 is 13.7. The van der Waals surface area contributed by atoms with Gasteiger partial charge in [0.15, 0.2) is 11.6 Å². The summed E-state index contributed by atoms with van der Waals surface area (Å²) in [7, 11) is 0. The minimum Gasteiger partial charge on any atom is -0.292 e. The lowest BCUT2D eigenvalue weighted by molar-refractivity contribution is -0.385. The number of nitro groups is 1. The number of halogens is 1. The second-order valence-corrected chi connectivity index (χ2v) is 3.72. The van der Waals surface area contributed by atoms with Gasteiger partial charge < -0.3 is 0 Å². The Labute approximate surface area is 96.1 Å². The molecule has 0 fully saturated rings. The van der Waals surface area contributed by atoms with Gasteiger partial charge in [-0.25, -0.2) is 4.39 Å². The molecule has 1 aromatic heterocycles. The zero-order valence-electron chi connectivity index (χ0n) is 8.85. The van der Waals surface area contributed by atoms with E-state index in [1.54, 1.807) is 0 Å². The Morgan fingerprint density at radius 1 is 1.41 bits per heavy atom. The van der Waals surface area contributed by atoms with Crippen molar-refractivity contribution in [3.63, 3.8) is 0 Å². The molecule has 0 radical (unpaired) electrons. The molecule has 1 aliphatic carbocycles. The van der Waals surface area contributed by atoms with Gasteiger partial charge in [0, 0.05) is 18.2 Å². The predicted octanol–water partition coefficient (Wildman–Crippen LogP) is 2.42. The molecule has 88 valence electrons. The number of pyridine rings is 1. The van der Waals surface area contributed by atoms with Gasteiger partial charge >= 0.3 is 0 Å². The van der Waals surface area contributed by atoms with Gasteiger partial charge in [0.05, 0.1) is 10.5 Å². The summed E-state index contributed by atoms with van der Waals surface area (Å²) in [6.45, 7) is 0. The third-order valence-corrected chi connectivity index (χ3v) is 2.66. The van der Waals surface area contributed by atoms with E-state index >= 15 is 0 Å². The number of carbonyl (C=O) groups is 1. The van der Waals surface area contributed by atoms with Gasteiger partial charge in [0.1, 0.15) is 6.20 Å². The van der Waals surface area contributed by atoms with Crippen LogP contribution in [0.3, 0.4) is 0 Å². The topological polar surface area (TPSA) is 73.1 Å². The minimum absolute atomic E-state index is 0.121. The number of allylic oxidation sites excluding steroid dienone is 2. The van der Waals surface area contributed by atoms with Gasteiger partial charge in [0.25, 0.3) is 5.69 Å². The predicted molar refractivity (Wildman–Crippen MR) is 57.8 cm³/mol. The number of hydrogen-bond acceptors (Lipinski definition) is 4. The van der Waals surface area contributed by atoms with E-state index < -0.39 is 16.5 Å². The molecule has 0 unspecified atom stereocenters. The van der Waals surface area contributed by atoms with E-state index in [0.717, 1.165) is 6.20 Å². The third-order valence-electron chi connectivity index (χ3n) is 2.66. The Morgan fingerprint density at radius 3 is 2.88 bits per heavy atom. The summed E-state index contributed by atoms with van der Waals surface area (Å²) in [5.41, 5.74) is -0.00162. The summed E-state index contributed by atoms with van der Waals surface area (Å²) >= 11 is 0. The first-order valence-corrected chi connectivity index (χ1v) is 5.12. The van der Waals surface area contributed by atoms with Crippen molar-refractivity contribution in [3.8, 4) is 0 Å². The molecule has 17 heavy (non-hydrogen) atoms. The van der Waals surface area contributed by atoms with Crippen molar-refractivity contribution in [1.82, 2.24) is 4.98 Å². The SMILES string of the molecule is O=C1CCCC(c2ccncc2[N+](=O)[O-])=C1F. The Hall–Kier alpha value is -2.11. The third kappa shape index (κ3) is 2.06. The molecule has 6 heteroatoms. The highest BCUT2D eigenvalue weighted by molar-refractivity contribution is 6.02. The van der Waals surface area contributed by atoms with Crippen molar-refractivity contribution in [2.24, 2.45) is 0 Å². The molecule has 0 atom stereocenters. The number of aromatic nitrogens is 1. The zero-order valence-corrected chi connectivity index (χ0v) is 8.85. The van der Waals surface area contributed by atoms with E-state index in [4.69, 9.17) is 0 Å². The van der Waals surface area contributed by atoms with Crippen molar-refractivity contribution in [2.45, 2.75) is 19.3 Å². The summed E-state index contributed by atoms with van der Waals surface area (Å²) in [5, 5.41) is 10.8. The standard InChI is InChI=1S/C11H9FN2O3/c12-11-8(2-1-3-10(11)15)7-4-5-13-6-9(7)14(16)17/h4-6H,1-3H2. The van der Waals surface area contributed by atoms with Crippen LogP contribution in [0.25, 0.3) is 5.57 Å². The number of hydrogen-bond donors (Lipinski definition) is 0. The van der Waals surface area contributed by atoms with Crippen LogP contribution < -0.4 is 0 Å². The second-order valence-electron chi connectivity index (χ2n) is 3.72. The molecule has 0 aromatic carbocycles. The lowest BCUT2D eigenvalue weighted by Crippen LogP contribution is -2.09. The van der Waals surface area contributed by atoms with Gasteiger partial charge in [-0.15, -0.1) is 0 Å². The average Bonchev–Trinajstić information content (AvgIpc) is 2.33. The average molecular weight is 236 g/mol. The van der Waals surface area contributed by atoms with Crippen LogP contribution >= 0.6 is 0 Å². The maximum absolute atomic E-state index is 13.7. The molecule has 1 aliphatic rings. The van der Waals surface area contributed by atoms with E-state index in [9.17, 15) is 19.3 Å². The lowest BCUT2D eigenvalue weighted by atomic mass is 9.92. The molecular weight excluding hydrogens is 227 g/mol. The van der Waals surface area contributed by atoms with Crippen molar-refractivity contribution in [2.75, 3.05) is 0 Å². The molecule has 5 nitrogen and oxygen atoms in total. The minimum atomic E-state index is -0.856. The van der Waals surface area contributed by atoms with Gasteiger partial charge in [0.2, 0.25) is 0 Å². The smallest absolute Gasteiger partial charge is 0.292 e. The molecule has 0 amide bonds. The monoisotopic (exact) mass is 236 g/mol. The fourth-order valence-electron chi connectivity index (χ4n) is 1.85. The number of carbonyl (C=O) groups excluding carboxylic acids is 1. The van der Waals surface area contributed by atoms with Gasteiger partial charge in [-0.05, 0) is 18.9 Å². The molecule has 0 N–H and O–H groups in total. The highest BCUT2D eigenvalue weighted by Crippen LogP contribution is 2.35. The summed E-state index contributed by atoms with van der Waals surface area (Å²) in [6, 6.07) is 1.37. The highest BCUT2D eigenvalue weighted by atomic mass is 19.1. The van der Waals surface area contributed by atoms with E-state index in [0.29, 0.717) is 12.8 Å². The van der Waals surface area contributed by atoms with Crippen LogP contribution in [0.1, 0.15) is 24.8 Å². The van der Waals surface area contributed by atoms with Crippen LogP contribution in [0.4, 0.5) is 10.1 Å². The van der Waals surface area contributed by atoms with E-state index in [2.05, 4.69) is 4.98 Å². The van der Waals surface area contributed by atoms with Crippen LogP contribution in [-0.2, 0) is 4.79 Å². The van der Waals surface area contributed by atoms with Crippen molar-refractivity contribution in [1.29, 1.82) is 0 Å². The summed E-state index contributed by atoms with van der Waals surface area (Å²) in [4.78, 5) is 25.0. The largest absolute Gasteiger partial charge is 0.295 e. The van der Waals surface area contributed by atoms with Crippen molar-refractivity contribution >= 4 is 17.0 Å². The molecular formula is C11H9FN2O3. The van der Waals surface area contributed by atoms with Gasteiger partial charge in [-0.2, -0.15) is 0 Å². The normalized spacial score (nSPS) is 16.2. The summed E-state index contributed by atoms with van der Waals surface area (Å²) in [6.07, 6.45) is 3.42. The first kappa shape index (κ1) is 11.4. The maximum Gasteiger partial charge on any atom is 0.295 e. The second kappa shape index (κ2) is 4.40. The van der Waals surface area contributed by atoms with Crippen LogP contribution in [-0.4, -0.2) is 15.7 Å². The Morgan fingerprint density at radius 2 is 2.18 bits per heavy atom. The first-order valence-electron chi connectivity index (χ1n) is 5.12. The van der Waals surface area contributed by atoms with Crippen LogP contribution in [0.15, 0.2) is 24.3 Å². The maximum atomic E-state index is 13.7. The van der Waals surface area contributed by atoms with Crippen molar-refractivity contribution < 1.29 is 14.1 Å². The molecule has 0 saturated heterocycles. The zero-order chi connectivity index (χ0) is 12.4. The number of ketones is 1. The highest BCUT2D eigenvalue weighted by Gasteiger charge is 2.26. The van der Waals surface area contributed by atoms with Crippen LogP contribution in [0.5, 0.6) is 0 Å². The molecule has 1 heterocycles. The quantitative estimate of drug-likeness (QED) is 0.583. The van der Waals surface area contributed by atoms with Crippen LogP contribution in [0.2, 0.25) is 0 Å². The van der Waals surface area contributed by atoms with Crippen LogP contribution in [0, 0.1) is 10.1 Å². The Kier molecular flexibility index (Phi) is 2.95. The number of rotatable bonds is 2. The van der Waals surface area contributed by atoms with E-state index in [-0.39, 0.29) is 23.2 Å². The molecule has 0 aliphatic heterocycles. The van der Waals surface area contributed by atoms with E-state index in [1.165, 1.54) is 12.3 Å². The molecule has 0 spiro atoms. The Bertz CT molecular complexity index is 525. The van der Waals surface area contributed by atoms with Gasteiger partial charge in [-0.1, -0.05) is 0 Å². The first-order chi connectivity index (χ1) is 8.11. The number of nitrogens with zero attached hydrogens (tertiary/aromatic N) is 2. The Balaban J connectivity index is 2.57.